The van der Waals surface area contributed by atoms with Crippen molar-refractivity contribution in [1.29, 1.82) is 0 Å². The van der Waals surface area contributed by atoms with Crippen LogP contribution in [0.5, 0.6) is 0 Å². The lowest BCUT2D eigenvalue weighted by molar-refractivity contribution is 0.0880. The molecule has 1 fully saturated rings. The smallest absolute Gasteiger partial charge is 0.251 e. The molecule has 1 aromatic carbocycles. The first-order valence-corrected chi connectivity index (χ1v) is 7.48. The van der Waals surface area contributed by atoms with Crippen molar-refractivity contribution in [3.63, 3.8) is 0 Å². The summed E-state index contributed by atoms with van der Waals surface area (Å²) in [5, 5.41) is 15.9. The molecule has 1 saturated carbocycles. The van der Waals surface area contributed by atoms with E-state index in [1.807, 2.05) is 18.2 Å². The van der Waals surface area contributed by atoms with Crippen LogP contribution in [0.2, 0.25) is 0 Å². The normalized spacial score (nSPS) is 19.4. The van der Waals surface area contributed by atoms with Gasteiger partial charge in [0.15, 0.2) is 0 Å². The number of carbonyl (C=O) groups excluding carboxylic acids is 1. The van der Waals surface area contributed by atoms with Gasteiger partial charge in [-0.2, -0.15) is 0 Å². The predicted molar refractivity (Wildman–Crippen MR) is 79.0 cm³/mol. The highest BCUT2D eigenvalue weighted by Gasteiger charge is 2.33. The summed E-state index contributed by atoms with van der Waals surface area (Å²) in [6.07, 6.45) is 5.36. The SMILES string of the molecule is O=C(NCC1(CO)CCCC1)c1ccc2c(c1)NCC2. The maximum atomic E-state index is 12.2. The minimum absolute atomic E-state index is 0.0405. The van der Waals surface area contributed by atoms with Crippen LogP contribution >= 0.6 is 0 Å². The van der Waals surface area contributed by atoms with Gasteiger partial charge in [0.1, 0.15) is 0 Å². The van der Waals surface area contributed by atoms with Crippen molar-refractivity contribution >= 4 is 11.6 Å². The second kappa shape index (κ2) is 5.44. The van der Waals surface area contributed by atoms with Gasteiger partial charge in [0.05, 0.1) is 6.61 Å². The molecule has 0 saturated heterocycles. The molecule has 0 unspecified atom stereocenters. The van der Waals surface area contributed by atoms with Gasteiger partial charge < -0.3 is 15.7 Å². The number of carbonyl (C=O) groups is 1. The van der Waals surface area contributed by atoms with Gasteiger partial charge in [0.2, 0.25) is 0 Å². The summed E-state index contributed by atoms with van der Waals surface area (Å²) in [6, 6.07) is 5.85. The van der Waals surface area contributed by atoms with Crippen molar-refractivity contribution < 1.29 is 9.90 Å². The van der Waals surface area contributed by atoms with Gasteiger partial charge in [-0.15, -0.1) is 0 Å². The molecule has 1 heterocycles. The highest BCUT2D eigenvalue weighted by molar-refractivity contribution is 5.95. The monoisotopic (exact) mass is 274 g/mol. The molecule has 108 valence electrons. The highest BCUT2D eigenvalue weighted by Crippen LogP contribution is 2.37. The molecule has 3 rings (SSSR count). The van der Waals surface area contributed by atoms with Crippen molar-refractivity contribution in [2.45, 2.75) is 32.1 Å². The van der Waals surface area contributed by atoms with E-state index in [1.54, 1.807) is 0 Å². The topological polar surface area (TPSA) is 61.4 Å². The average Bonchev–Trinajstić information content (AvgIpc) is 3.13. The van der Waals surface area contributed by atoms with Crippen LogP contribution < -0.4 is 10.6 Å². The molecule has 0 aromatic heterocycles. The highest BCUT2D eigenvalue weighted by atomic mass is 16.3. The van der Waals surface area contributed by atoms with Crippen molar-refractivity contribution in [2.24, 2.45) is 5.41 Å². The van der Waals surface area contributed by atoms with E-state index in [1.165, 1.54) is 5.56 Å². The van der Waals surface area contributed by atoms with Crippen LogP contribution in [0, 0.1) is 5.41 Å². The second-order valence-electron chi connectivity index (χ2n) is 6.10. The lowest BCUT2D eigenvalue weighted by atomic mass is 9.87. The van der Waals surface area contributed by atoms with E-state index in [4.69, 9.17) is 0 Å². The van der Waals surface area contributed by atoms with E-state index in [-0.39, 0.29) is 17.9 Å². The fraction of sp³-hybridized carbons (Fsp3) is 0.562. The number of anilines is 1. The Balaban J connectivity index is 1.64. The summed E-state index contributed by atoms with van der Waals surface area (Å²) in [5.74, 6) is -0.0405. The number of fused-ring (bicyclic) bond motifs is 1. The lowest BCUT2D eigenvalue weighted by Crippen LogP contribution is -2.38. The van der Waals surface area contributed by atoms with Gasteiger partial charge in [-0.3, -0.25) is 4.79 Å². The number of aliphatic hydroxyl groups is 1. The minimum Gasteiger partial charge on any atom is -0.396 e. The number of hydrogen-bond donors (Lipinski definition) is 3. The summed E-state index contributed by atoms with van der Waals surface area (Å²) < 4.78 is 0. The molecule has 0 spiro atoms. The Morgan fingerprint density at radius 2 is 2.15 bits per heavy atom. The number of aliphatic hydroxyl groups excluding tert-OH is 1. The molecule has 3 N–H and O–H groups in total. The molecule has 1 aliphatic carbocycles. The Labute approximate surface area is 119 Å². The fourth-order valence-electron chi connectivity index (χ4n) is 3.32. The summed E-state index contributed by atoms with van der Waals surface area (Å²) in [4.78, 5) is 12.2. The van der Waals surface area contributed by atoms with Crippen molar-refractivity contribution in [3.8, 4) is 0 Å². The Morgan fingerprint density at radius 1 is 1.35 bits per heavy atom. The van der Waals surface area contributed by atoms with Gasteiger partial charge in [-0.05, 0) is 37.0 Å². The zero-order valence-electron chi connectivity index (χ0n) is 11.7. The van der Waals surface area contributed by atoms with E-state index in [9.17, 15) is 9.90 Å². The van der Waals surface area contributed by atoms with Crippen molar-refractivity contribution in [2.75, 3.05) is 25.0 Å². The predicted octanol–water partition coefficient (Wildman–Crippen LogP) is 1.94. The summed E-state index contributed by atoms with van der Waals surface area (Å²) in [7, 11) is 0. The standard InChI is InChI=1S/C16H22N2O2/c19-11-16(6-1-2-7-16)10-18-15(20)13-4-3-12-5-8-17-14(12)9-13/h3-4,9,17,19H,1-2,5-8,10-11H2,(H,18,20). The average molecular weight is 274 g/mol. The van der Waals surface area contributed by atoms with Crippen LogP contribution in [-0.2, 0) is 6.42 Å². The van der Waals surface area contributed by atoms with Crippen LogP contribution in [0.25, 0.3) is 0 Å². The van der Waals surface area contributed by atoms with Gasteiger partial charge in [0, 0.05) is 29.8 Å². The largest absolute Gasteiger partial charge is 0.396 e. The third-order valence-electron chi connectivity index (χ3n) is 4.71. The Hall–Kier alpha value is -1.55. The second-order valence-corrected chi connectivity index (χ2v) is 6.10. The van der Waals surface area contributed by atoms with Crippen LogP contribution in [0.15, 0.2) is 18.2 Å². The lowest BCUT2D eigenvalue weighted by Gasteiger charge is -2.26. The summed E-state index contributed by atoms with van der Waals surface area (Å²) in [5.41, 5.74) is 2.97. The molecule has 4 nitrogen and oxygen atoms in total. The first kappa shape index (κ1) is 13.4. The molecule has 0 atom stereocenters. The quantitative estimate of drug-likeness (QED) is 0.786. The van der Waals surface area contributed by atoms with Crippen LogP contribution in [0.4, 0.5) is 5.69 Å². The molecule has 0 radical (unpaired) electrons. The van der Waals surface area contributed by atoms with Gasteiger partial charge in [-0.25, -0.2) is 0 Å². The Kier molecular flexibility index (Phi) is 3.66. The zero-order valence-corrected chi connectivity index (χ0v) is 11.7. The van der Waals surface area contributed by atoms with E-state index < -0.39 is 0 Å². The number of rotatable bonds is 4. The molecule has 4 heteroatoms. The van der Waals surface area contributed by atoms with Crippen LogP contribution in [0.1, 0.15) is 41.6 Å². The zero-order chi connectivity index (χ0) is 14.0. The number of amides is 1. The summed E-state index contributed by atoms with van der Waals surface area (Å²) in [6.45, 7) is 1.69. The first-order valence-electron chi connectivity index (χ1n) is 7.48. The van der Waals surface area contributed by atoms with Crippen LogP contribution in [-0.4, -0.2) is 30.7 Å². The molecular weight excluding hydrogens is 252 g/mol. The number of hydrogen-bond acceptors (Lipinski definition) is 3. The molecule has 1 aliphatic heterocycles. The molecule has 1 aromatic rings. The van der Waals surface area contributed by atoms with E-state index in [0.717, 1.165) is 44.3 Å². The van der Waals surface area contributed by atoms with E-state index >= 15 is 0 Å². The van der Waals surface area contributed by atoms with Crippen LogP contribution in [0.3, 0.4) is 0 Å². The molecular formula is C16H22N2O2. The molecule has 1 amide bonds. The van der Waals surface area contributed by atoms with Gasteiger partial charge in [-0.1, -0.05) is 18.9 Å². The third-order valence-corrected chi connectivity index (χ3v) is 4.71. The molecule has 2 aliphatic rings. The maximum Gasteiger partial charge on any atom is 0.251 e. The summed E-state index contributed by atoms with van der Waals surface area (Å²) >= 11 is 0. The first-order chi connectivity index (χ1) is 9.72. The fourth-order valence-corrected chi connectivity index (χ4v) is 3.32. The number of benzene rings is 1. The molecule has 0 bridgehead atoms. The van der Waals surface area contributed by atoms with E-state index in [0.29, 0.717) is 12.1 Å². The minimum atomic E-state index is -0.0926. The van der Waals surface area contributed by atoms with Gasteiger partial charge >= 0.3 is 0 Å². The third kappa shape index (κ3) is 2.52. The maximum absolute atomic E-state index is 12.2. The van der Waals surface area contributed by atoms with Gasteiger partial charge in [0.25, 0.3) is 5.91 Å². The van der Waals surface area contributed by atoms with Crippen molar-refractivity contribution in [1.82, 2.24) is 5.32 Å². The molecule has 20 heavy (non-hydrogen) atoms. The van der Waals surface area contributed by atoms with E-state index in [2.05, 4.69) is 10.6 Å². The number of nitrogens with one attached hydrogen (secondary N) is 2. The Morgan fingerprint density at radius 3 is 2.90 bits per heavy atom. The Bertz CT molecular complexity index is 507. The van der Waals surface area contributed by atoms with Crippen molar-refractivity contribution in [3.05, 3.63) is 29.3 Å².